The van der Waals surface area contributed by atoms with Gasteiger partial charge in [-0.15, -0.1) is 0 Å². The van der Waals surface area contributed by atoms with E-state index in [9.17, 15) is 9.59 Å². The zero-order chi connectivity index (χ0) is 23.1. The van der Waals surface area contributed by atoms with Crippen molar-refractivity contribution in [3.05, 3.63) is 79.2 Å². The summed E-state index contributed by atoms with van der Waals surface area (Å²) >= 11 is 0. The van der Waals surface area contributed by atoms with Crippen LogP contribution in [0.5, 0.6) is 0 Å². The molecule has 0 atom stereocenters. The number of rotatable bonds is 8. The number of aromatic nitrogens is 3. The number of nitrogens with zero attached hydrogens (tertiary/aromatic N) is 3. The Kier molecular flexibility index (Phi) is 7.02. The summed E-state index contributed by atoms with van der Waals surface area (Å²) in [5.74, 6) is -1.24. The van der Waals surface area contributed by atoms with E-state index in [0.717, 1.165) is 16.8 Å². The Balaban J connectivity index is 1.87. The number of fused-ring (bicyclic) bond motifs is 1. The Labute approximate surface area is 185 Å². The van der Waals surface area contributed by atoms with Crippen LogP contribution in [-0.2, 0) is 16.1 Å². The largest absolute Gasteiger partial charge is 0.388 e. The van der Waals surface area contributed by atoms with Crippen LogP contribution in [0, 0.1) is 0 Å². The third-order valence-electron chi connectivity index (χ3n) is 4.80. The van der Waals surface area contributed by atoms with Gasteiger partial charge in [-0.2, -0.15) is 5.10 Å². The molecule has 0 saturated carbocycles. The smallest absolute Gasteiger partial charge is 0.314 e. The summed E-state index contributed by atoms with van der Waals surface area (Å²) in [4.78, 5) is 31.5. The first-order valence-corrected chi connectivity index (χ1v) is 9.85. The second-order valence-corrected chi connectivity index (χ2v) is 6.96. The summed E-state index contributed by atoms with van der Waals surface area (Å²) in [6, 6.07) is 7.61. The van der Waals surface area contributed by atoms with Gasteiger partial charge in [-0.05, 0) is 23.3 Å². The van der Waals surface area contributed by atoms with Gasteiger partial charge in [-0.3, -0.25) is 14.7 Å². The lowest BCUT2D eigenvalue weighted by atomic mass is 10.1. The van der Waals surface area contributed by atoms with Crippen LogP contribution >= 0.6 is 0 Å². The molecular weight excluding hydrogens is 406 g/mol. The molecule has 2 aromatic heterocycles. The van der Waals surface area contributed by atoms with Crippen LogP contribution < -0.4 is 16.4 Å². The van der Waals surface area contributed by atoms with Crippen LogP contribution in [0.25, 0.3) is 10.9 Å². The van der Waals surface area contributed by atoms with Crippen molar-refractivity contribution in [2.24, 2.45) is 0 Å². The van der Waals surface area contributed by atoms with Crippen LogP contribution in [-0.4, -0.2) is 45.5 Å². The summed E-state index contributed by atoms with van der Waals surface area (Å²) in [6.45, 7) is 7.88. The van der Waals surface area contributed by atoms with Crippen LogP contribution in [0.15, 0.2) is 73.6 Å². The minimum absolute atomic E-state index is 0.186. The van der Waals surface area contributed by atoms with Crippen LogP contribution in [0.1, 0.15) is 5.56 Å². The van der Waals surface area contributed by atoms with Crippen molar-refractivity contribution in [2.75, 3.05) is 30.0 Å². The first-order chi connectivity index (χ1) is 15.5. The van der Waals surface area contributed by atoms with Crippen molar-refractivity contribution in [1.29, 1.82) is 0 Å². The molecule has 0 bridgehead atoms. The fourth-order valence-corrected chi connectivity index (χ4v) is 3.17. The number of H-pyrrole nitrogens is 1. The van der Waals surface area contributed by atoms with Crippen LogP contribution in [0.2, 0.25) is 0 Å². The molecule has 164 valence electrons. The Morgan fingerprint density at radius 2 is 2.09 bits per heavy atom. The van der Waals surface area contributed by atoms with Gasteiger partial charge in [0.2, 0.25) is 0 Å². The number of carbonyl (C=O) groups is 2. The quantitative estimate of drug-likeness (QED) is 0.321. The van der Waals surface area contributed by atoms with E-state index in [0.29, 0.717) is 16.6 Å². The normalized spacial score (nSPS) is 11.1. The lowest BCUT2D eigenvalue weighted by molar-refractivity contribution is -0.143. The molecule has 1 aromatic carbocycles. The minimum atomic E-state index is -0.806. The van der Waals surface area contributed by atoms with Gasteiger partial charge in [0.1, 0.15) is 5.82 Å². The predicted molar refractivity (Wildman–Crippen MR) is 127 cm³/mol. The Bertz CT molecular complexity index is 1200. The summed E-state index contributed by atoms with van der Waals surface area (Å²) < 4.78 is 0. The van der Waals surface area contributed by atoms with Crippen molar-refractivity contribution in [1.82, 2.24) is 20.1 Å². The number of carbonyl (C=O) groups excluding carboxylic acids is 2. The highest BCUT2D eigenvalue weighted by Gasteiger charge is 2.24. The number of amides is 2. The maximum Gasteiger partial charge on any atom is 0.314 e. The van der Waals surface area contributed by atoms with Crippen LogP contribution in [0.3, 0.4) is 0 Å². The second-order valence-electron chi connectivity index (χ2n) is 6.96. The molecule has 0 aliphatic carbocycles. The summed E-state index contributed by atoms with van der Waals surface area (Å²) in [6.07, 6.45) is 7.87. The average Bonchev–Trinajstić information content (AvgIpc) is 3.31. The van der Waals surface area contributed by atoms with Gasteiger partial charge >= 0.3 is 11.8 Å². The number of allylic oxidation sites excluding steroid dienone is 2. The lowest BCUT2D eigenvalue weighted by Crippen LogP contribution is -2.40. The van der Waals surface area contributed by atoms with E-state index in [-0.39, 0.29) is 18.9 Å². The molecule has 0 radical (unpaired) electrons. The molecule has 0 aliphatic heterocycles. The van der Waals surface area contributed by atoms with Gasteiger partial charge in [-0.25, -0.2) is 4.98 Å². The van der Waals surface area contributed by atoms with Gasteiger partial charge in [-0.1, -0.05) is 43.5 Å². The molecule has 3 rings (SSSR count). The summed E-state index contributed by atoms with van der Waals surface area (Å²) in [5.41, 5.74) is 9.15. The lowest BCUT2D eigenvalue weighted by Gasteiger charge is -2.23. The molecule has 0 spiro atoms. The Morgan fingerprint density at radius 3 is 2.81 bits per heavy atom. The second kappa shape index (κ2) is 10.1. The zero-order valence-corrected chi connectivity index (χ0v) is 17.8. The van der Waals surface area contributed by atoms with Crippen molar-refractivity contribution >= 4 is 39.9 Å². The zero-order valence-electron chi connectivity index (χ0n) is 17.8. The van der Waals surface area contributed by atoms with Gasteiger partial charge in [0.25, 0.3) is 0 Å². The first kappa shape index (κ1) is 22.3. The standard InChI is InChI=1S/C23H25N7O2/c1-4-7-15(5-2)13-30(14-16-8-6-9-17(10-16)25-3)23(32)22(31)28-19-12-26-21(24)18-11-27-29-20(18)19/h4-12,25H,1-2,13-14H2,3H3,(H2,24,26)(H,27,29)(H,28,31)/b15-7+. The molecule has 2 heterocycles. The highest BCUT2D eigenvalue weighted by atomic mass is 16.2. The molecule has 0 aliphatic rings. The number of hydrogen-bond donors (Lipinski definition) is 4. The SMILES string of the molecule is C=C/C=C(\C=C)CN(Cc1cccc(NC)c1)C(=O)C(=O)Nc1cnc(N)c2cn[nH]c12. The monoisotopic (exact) mass is 431 g/mol. The van der Waals surface area contributed by atoms with Crippen molar-refractivity contribution in [2.45, 2.75) is 6.54 Å². The van der Waals surface area contributed by atoms with E-state index in [4.69, 9.17) is 5.73 Å². The molecule has 9 heteroatoms. The molecule has 9 nitrogen and oxygen atoms in total. The summed E-state index contributed by atoms with van der Waals surface area (Å²) in [7, 11) is 1.81. The topological polar surface area (TPSA) is 129 Å². The molecule has 0 saturated heterocycles. The third kappa shape index (κ3) is 5.01. The maximum absolute atomic E-state index is 13.1. The number of nitrogen functional groups attached to an aromatic ring is 1. The number of pyridine rings is 1. The summed E-state index contributed by atoms with van der Waals surface area (Å²) in [5, 5.41) is 12.9. The molecular formula is C23H25N7O2. The predicted octanol–water partition coefficient (Wildman–Crippen LogP) is 2.85. The van der Waals surface area contributed by atoms with Crippen molar-refractivity contribution in [3.8, 4) is 0 Å². The molecule has 2 amide bonds. The third-order valence-corrected chi connectivity index (χ3v) is 4.80. The van der Waals surface area contributed by atoms with E-state index in [1.807, 2.05) is 31.3 Å². The number of anilines is 3. The number of aromatic amines is 1. The fourth-order valence-electron chi connectivity index (χ4n) is 3.17. The van der Waals surface area contributed by atoms with E-state index in [1.54, 1.807) is 18.2 Å². The molecule has 0 unspecified atom stereocenters. The number of hydrogen-bond acceptors (Lipinski definition) is 6. The molecule has 0 fully saturated rings. The first-order valence-electron chi connectivity index (χ1n) is 9.85. The number of benzene rings is 1. The van der Waals surface area contributed by atoms with Gasteiger partial charge in [0, 0.05) is 25.8 Å². The Morgan fingerprint density at radius 1 is 1.28 bits per heavy atom. The van der Waals surface area contributed by atoms with Gasteiger partial charge in [0.05, 0.1) is 29.0 Å². The average molecular weight is 432 g/mol. The van der Waals surface area contributed by atoms with Gasteiger partial charge < -0.3 is 21.3 Å². The van der Waals surface area contributed by atoms with E-state index in [1.165, 1.54) is 17.3 Å². The molecule has 3 aromatic rings. The van der Waals surface area contributed by atoms with Crippen molar-refractivity contribution in [3.63, 3.8) is 0 Å². The van der Waals surface area contributed by atoms with E-state index >= 15 is 0 Å². The highest BCUT2D eigenvalue weighted by molar-refractivity contribution is 6.40. The minimum Gasteiger partial charge on any atom is -0.388 e. The van der Waals surface area contributed by atoms with Crippen LogP contribution in [0.4, 0.5) is 17.2 Å². The number of nitrogens with two attached hydrogens (primary N) is 1. The van der Waals surface area contributed by atoms with Gasteiger partial charge in [0.15, 0.2) is 0 Å². The molecule has 32 heavy (non-hydrogen) atoms. The van der Waals surface area contributed by atoms with E-state index in [2.05, 4.69) is 39.0 Å². The number of nitrogens with one attached hydrogen (secondary N) is 3. The Hall–Kier alpha value is -4.40. The maximum atomic E-state index is 13.1. The van der Waals surface area contributed by atoms with E-state index < -0.39 is 11.8 Å². The van der Waals surface area contributed by atoms with Crippen molar-refractivity contribution < 1.29 is 9.59 Å². The highest BCUT2D eigenvalue weighted by Crippen LogP contribution is 2.24. The molecule has 5 N–H and O–H groups in total. The fraction of sp³-hybridized carbons (Fsp3) is 0.130.